The Morgan fingerprint density at radius 1 is 0.361 bits per heavy atom. The van der Waals surface area contributed by atoms with Crippen LogP contribution in [-0.2, 0) is 32.7 Å². The lowest BCUT2D eigenvalue weighted by molar-refractivity contribution is -0.161. The summed E-state index contributed by atoms with van der Waals surface area (Å²) in [5.74, 6) is -0.883. The number of unbranched alkanes of at least 4 members (excludes halogenated alkanes) is 12. The van der Waals surface area contributed by atoms with E-state index in [9.17, 15) is 19.0 Å². The van der Waals surface area contributed by atoms with E-state index in [-0.39, 0.29) is 32.6 Å². The third-order valence-corrected chi connectivity index (χ3v) is 13.5. The minimum absolute atomic E-state index is 0.0363. The number of nitrogens with two attached hydrogens (primary N) is 1. The van der Waals surface area contributed by atoms with Gasteiger partial charge in [0, 0.05) is 19.4 Å². The van der Waals surface area contributed by atoms with E-state index in [2.05, 4.69) is 208 Å². The Hall–Kier alpha value is -5.15. The molecule has 0 spiro atoms. The van der Waals surface area contributed by atoms with Gasteiger partial charge in [-0.15, -0.1) is 0 Å². The van der Waals surface area contributed by atoms with Crippen LogP contribution in [0.1, 0.15) is 219 Å². The third kappa shape index (κ3) is 65.9. The van der Waals surface area contributed by atoms with Crippen LogP contribution in [0.15, 0.2) is 194 Å². The number of phosphoric ester groups is 1. The second-order valence-electron chi connectivity index (χ2n) is 20.2. The Balaban J connectivity index is 4.11. The van der Waals surface area contributed by atoms with Crippen LogP contribution in [0.5, 0.6) is 0 Å². The van der Waals surface area contributed by atoms with E-state index in [1.165, 1.54) is 25.7 Å². The van der Waals surface area contributed by atoms with Crippen LogP contribution >= 0.6 is 7.82 Å². The van der Waals surface area contributed by atoms with Crippen molar-refractivity contribution >= 4 is 19.8 Å². The van der Waals surface area contributed by atoms with E-state index in [1.807, 2.05) is 0 Å². The monoisotopic (exact) mass is 1160 g/mol. The van der Waals surface area contributed by atoms with E-state index < -0.39 is 32.5 Å². The molecule has 0 radical (unpaired) electrons. The SMILES string of the molecule is CC/C=C\C/C=C\C/C=C\C/C=C\C/C=C\C/C=C\C/C=C\C/C=C\C/C=C\C/C=C\CCCCCCC(=O)OC(COC(=O)CCCCCCCCCC/C=C\C/C=C\C/C=C\C/C=C\C/C=C\C/C=C\CC)COP(=O)(O)OCCN. The fraction of sp³-hybridized carbons (Fsp3) is 0.534. The van der Waals surface area contributed by atoms with Crippen molar-refractivity contribution in [2.75, 3.05) is 26.4 Å². The van der Waals surface area contributed by atoms with Crippen molar-refractivity contribution in [1.82, 2.24) is 0 Å². The molecule has 0 heterocycles. The fourth-order valence-electron chi connectivity index (χ4n) is 7.84. The molecule has 0 aromatic rings. The number of phosphoric acid groups is 1. The normalized spacial score (nSPS) is 14.3. The second kappa shape index (κ2) is 66.0. The minimum Gasteiger partial charge on any atom is -0.462 e. The van der Waals surface area contributed by atoms with Crippen LogP contribution in [0.2, 0.25) is 0 Å². The molecule has 0 bridgehead atoms. The van der Waals surface area contributed by atoms with Gasteiger partial charge in [0.15, 0.2) is 6.10 Å². The molecule has 0 rings (SSSR count). The molecule has 0 aromatic carbocycles. The van der Waals surface area contributed by atoms with Crippen LogP contribution in [0.4, 0.5) is 0 Å². The average Bonchev–Trinajstić information content (AvgIpc) is 3.48. The zero-order valence-electron chi connectivity index (χ0n) is 51.8. The smallest absolute Gasteiger partial charge is 0.462 e. The molecule has 10 heteroatoms. The van der Waals surface area contributed by atoms with Gasteiger partial charge in [0.2, 0.25) is 0 Å². The predicted octanol–water partition coefficient (Wildman–Crippen LogP) is 21.0. The van der Waals surface area contributed by atoms with Gasteiger partial charge in [-0.3, -0.25) is 18.6 Å². The van der Waals surface area contributed by atoms with Crippen molar-refractivity contribution in [1.29, 1.82) is 0 Å². The molecule has 2 unspecified atom stereocenters. The van der Waals surface area contributed by atoms with Gasteiger partial charge in [-0.2, -0.15) is 0 Å². The number of rotatable bonds is 57. The molecule has 0 saturated heterocycles. The first-order valence-electron chi connectivity index (χ1n) is 31.9. The molecule has 9 nitrogen and oxygen atoms in total. The standard InChI is InChI=1S/C73H114NO8P/c1-3-5-7-9-11-13-15-17-19-21-23-25-27-29-31-32-33-34-35-36-37-38-40-42-44-46-48-50-52-54-56-58-60-62-64-66-73(76)82-71(70-81-83(77,78)80-68-67-74)69-79-72(75)65-63-61-59-57-55-53-51-49-47-45-43-41-39-30-28-26-24-22-20-18-16-14-12-10-8-6-4-2/h5-8,11-14,17-20,23-26,29-31,33-34,36-37,39-40,42-43,45-46,48,52,54,71H,3-4,9-10,15-16,21-22,27-28,32,35,38,41,44,47,49-51,53,55-70,74H2,1-2H3,(H,77,78)/b7-5-,8-6-,13-11-,14-12-,19-17-,20-18-,25-23-,26-24-,31-29-,34-33-,37-36-,39-30-,42-40-,45-43-,48-46-,54-52-. The van der Waals surface area contributed by atoms with Crippen molar-refractivity contribution in [3.8, 4) is 0 Å². The Bertz CT molecular complexity index is 2060. The molecule has 3 N–H and O–H groups in total. The second-order valence-corrected chi connectivity index (χ2v) is 21.6. The molecular weight excluding hydrogens is 1050 g/mol. The van der Waals surface area contributed by atoms with Crippen molar-refractivity contribution in [2.45, 2.75) is 225 Å². The predicted molar refractivity (Wildman–Crippen MR) is 357 cm³/mol. The highest BCUT2D eigenvalue weighted by Gasteiger charge is 2.26. The van der Waals surface area contributed by atoms with Crippen molar-refractivity contribution in [3.63, 3.8) is 0 Å². The van der Waals surface area contributed by atoms with E-state index in [4.69, 9.17) is 24.3 Å². The summed E-state index contributed by atoms with van der Waals surface area (Å²) < 4.78 is 33.1. The highest BCUT2D eigenvalue weighted by Crippen LogP contribution is 2.43. The number of ether oxygens (including phenoxy) is 2. The van der Waals surface area contributed by atoms with Gasteiger partial charge in [0.25, 0.3) is 0 Å². The number of allylic oxidation sites excluding steroid dienone is 32. The molecule has 83 heavy (non-hydrogen) atoms. The summed E-state index contributed by atoms with van der Waals surface area (Å²) in [4.78, 5) is 35.3. The van der Waals surface area contributed by atoms with Crippen LogP contribution in [0, 0.1) is 0 Å². The first-order valence-corrected chi connectivity index (χ1v) is 33.4. The number of hydrogen-bond donors (Lipinski definition) is 2. The number of carbonyl (C=O) groups is 2. The Labute approximate surface area is 506 Å². The van der Waals surface area contributed by atoms with E-state index in [1.54, 1.807) is 0 Å². The van der Waals surface area contributed by atoms with Gasteiger partial charge >= 0.3 is 19.8 Å². The molecule has 0 amide bonds. The molecule has 0 aliphatic heterocycles. The topological polar surface area (TPSA) is 134 Å². The Kier molecular flexibility index (Phi) is 61.9. The molecular formula is C73H114NO8P. The third-order valence-electron chi connectivity index (χ3n) is 12.5. The maximum Gasteiger partial charge on any atom is 0.472 e. The largest absolute Gasteiger partial charge is 0.472 e. The summed E-state index contributed by atoms with van der Waals surface area (Å²) in [6.07, 6.45) is 101. The van der Waals surface area contributed by atoms with Gasteiger partial charge in [0.05, 0.1) is 13.2 Å². The number of hydrogen-bond acceptors (Lipinski definition) is 8. The van der Waals surface area contributed by atoms with E-state index in [0.717, 1.165) is 154 Å². The van der Waals surface area contributed by atoms with E-state index >= 15 is 0 Å². The van der Waals surface area contributed by atoms with Crippen LogP contribution in [-0.4, -0.2) is 49.3 Å². The lowest BCUT2D eigenvalue weighted by Crippen LogP contribution is -2.29. The maximum absolute atomic E-state index is 12.7. The molecule has 0 aliphatic rings. The first kappa shape index (κ1) is 77.9. The summed E-state index contributed by atoms with van der Waals surface area (Å²) in [7, 11) is -4.42. The van der Waals surface area contributed by atoms with Crippen LogP contribution < -0.4 is 5.73 Å². The van der Waals surface area contributed by atoms with Crippen LogP contribution in [0.25, 0.3) is 0 Å². The van der Waals surface area contributed by atoms with E-state index in [0.29, 0.717) is 12.8 Å². The molecule has 0 saturated carbocycles. The molecule has 464 valence electrons. The quantitative estimate of drug-likeness (QED) is 0.0264. The number of esters is 2. The van der Waals surface area contributed by atoms with Gasteiger partial charge < -0.3 is 20.1 Å². The Morgan fingerprint density at radius 2 is 0.627 bits per heavy atom. The summed E-state index contributed by atoms with van der Waals surface area (Å²) in [5.41, 5.74) is 5.39. The lowest BCUT2D eigenvalue weighted by Gasteiger charge is -2.19. The number of carbonyl (C=O) groups excluding carboxylic acids is 2. The summed E-state index contributed by atoms with van der Waals surface area (Å²) in [5, 5.41) is 0. The van der Waals surface area contributed by atoms with Gasteiger partial charge in [-0.1, -0.05) is 260 Å². The van der Waals surface area contributed by atoms with Gasteiger partial charge in [-0.05, 0) is 141 Å². The Morgan fingerprint density at radius 3 is 0.928 bits per heavy atom. The molecule has 2 atom stereocenters. The lowest BCUT2D eigenvalue weighted by atomic mass is 10.1. The fourth-order valence-corrected chi connectivity index (χ4v) is 8.61. The van der Waals surface area contributed by atoms with Crippen molar-refractivity contribution < 1.29 is 37.6 Å². The highest BCUT2D eigenvalue weighted by molar-refractivity contribution is 7.47. The van der Waals surface area contributed by atoms with Crippen molar-refractivity contribution in [3.05, 3.63) is 194 Å². The molecule has 0 fully saturated rings. The zero-order chi connectivity index (χ0) is 60.1. The minimum atomic E-state index is -4.42. The zero-order valence-corrected chi connectivity index (χ0v) is 52.7. The van der Waals surface area contributed by atoms with Crippen LogP contribution in [0.3, 0.4) is 0 Å². The molecule has 0 aliphatic carbocycles. The summed E-state index contributed by atoms with van der Waals surface area (Å²) >= 11 is 0. The van der Waals surface area contributed by atoms with Gasteiger partial charge in [0.1, 0.15) is 6.61 Å². The highest BCUT2D eigenvalue weighted by atomic mass is 31.2. The summed E-state index contributed by atoms with van der Waals surface area (Å²) in [6, 6.07) is 0. The summed E-state index contributed by atoms with van der Waals surface area (Å²) in [6.45, 7) is 3.45. The molecule has 0 aromatic heterocycles. The van der Waals surface area contributed by atoms with Gasteiger partial charge in [-0.25, -0.2) is 4.57 Å². The maximum atomic E-state index is 12.7. The van der Waals surface area contributed by atoms with Crippen molar-refractivity contribution in [2.24, 2.45) is 5.73 Å². The first-order chi connectivity index (χ1) is 40.8. The average molecular weight is 1160 g/mol.